The molecule has 122 valence electrons. The van der Waals surface area contributed by atoms with Crippen molar-refractivity contribution >= 4 is 11.6 Å². The Morgan fingerprint density at radius 1 is 1.30 bits per heavy atom. The van der Waals surface area contributed by atoms with E-state index >= 15 is 0 Å². The van der Waals surface area contributed by atoms with Crippen molar-refractivity contribution in [1.29, 1.82) is 5.26 Å². The third-order valence-corrected chi connectivity index (χ3v) is 4.11. The number of nitrogens with one attached hydrogen (secondary N) is 2. The number of aryl methyl sites for hydroxylation is 2. The standard InChI is InChI=1S/C18H24N4O/c1-3-14-6-5-7-15(4-2)17(14)21-13-16(12-19)18(23)22-10-8-20-9-11-22/h5-7,13,20-21H,3-4,8-11H2,1-2H3/b16-13-. The van der Waals surface area contributed by atoms with Gasteiger partial charge >= 0.3 is 0 Å². The number of nitriles is 1. The molecule has 1 amide bonds. The molecule has 0 unspecified atom stereocenters. The predicted octanol–water partition coefficient (Wildman–Crippen LogP) is 2.06. The van der Waals surface area contributed by atoms with Gasteiger partial charge in [0.05, 0.1) is 0 Å². The Kier molecular flexibility index (Phi) is 6.19. The smallest absolute Gasteiger partial charge is 0.266 e. The lowest BCUT2D eigenvalue weighted by Gasteiger charge is -2.27. The maximum absolute atomic E-state index is 12.4. The van der Waals surface area contributed by atoms with E-state index in [4.69, 9.17) is 0 Å². The fourth-order valence-electron chi connectivity index (χ4n) is 2.75. The molecule has 0 saturated carbocycles. The normalized spacial score (nSPS) is 15.2. The molecule has 0 aliphatic carbocycles. The first-order valence-electron chi connectivity index (χ1n) is 8.18. The van der Waals surface area contributed by atoms with E-state index in [1.54, 1.807) is 11.1 Å². The van der Waals surface area contributed by atoms with E-state index < -0.39 is 0 Å². The zero-order chi connectivity index (χ0) is 16.7. The monoisotopic (exact) mass is 312 g/mol. The van der Waals surface area contributed by atoms with Gasteiger partial charge in [0.15, 0.2) is 0 Å². The lowest BCUT2D eigenvalue weighted by molar-refractivity contribution is -0.127. The van der Waals surface area contributed by atoms with Gasteiger partial charge in [0.25, 0.3) is 5.91 Å². The van der Waals surface area contributed by atoms with Crippen LogP contribution in [0.2, 0.25) is 0 Å². The van der Waals surface area contributed by atoms with Gasteiger partial charge in [-0.05, 0) is 24.0 Å². The Balaban J connectivity index is 2.20. The Morgan fingerprint density at radius 2 is 1.91 bits per heavy atom. The van der Waals surface area contributed by atoms with Gasteiger partial charge in [-0.15, -0.1) is 0 Å². The molecule has 2 N–H and O–H groups in total. The van der Waals surface area contributed by atoms with Crippen LogP contribution in [-0.2, 0) is 17.6 Å². The van der Waals surface area contributed by atoms with Gasteiger partial charge in [-0.1, -0.05) is 32.0 Å². The number of benzene rings is 1. The lowest BCUT2D eigenvalue weighted by atomic mass is 10.0. The van der Waals surface area contributed by atoms with E-state index in [1.165, 1.54) is 11.1 Å². The van der Waals surface area contributed by atoms with Gasteiger partial charge in [-0.25, -0.2) is 0 Å². The lowest BCUT2D eigenvalue weighted by Crippen LogP contribution is -2.46. The molecule has 1 aromatic rings. The average molecular weight is 312 g/mol. The van der Waals surface area contributed by atoms with Crippen LogP contribution in [0.1, 0.15) is 25.0 Å². The maximum Gasteiger partial charge on any atom is 0.266 e. The predicted molar refractivity (Wildman–Crippen MR) is 92.0 cm³/mol. The SMILES string of the molecule is CCc1cccc(CC)c1N/C=C(/C#N)C(=O)N1CCNCC1. The summed E-state index contributed by atoms with van der Waals surface area (Å²) in [6, 6.07) is 8.21. The zero-order valence-electron chi connectivity index (χ0n) is 13.9. The minimum Gasteiger partial charge on any atom is -0.360 e. The van der Waals surface area contributed by atoms with Crippen LogP contribution in [0, 0.1) is 11.3 Å². The largest absolute Gasteiger partial charge is 0.360 e. The van der Waals surface area contributed by atoms with Crippen molar-refractivity contribution in [2.45, 2.75) is 26.7 Å². The summed E-state index contributed by atoms with van der Waals surface area (Å²) in [6.45, 7) is 7.03. The molecule has 1 heterocycles. The average Bonchev–Trinajstić information content (AvgIpc) is 2.62. The van der Waals surface area contributed by atoms with E-state index in [9.17, 15) is 10.1 Å². The highest BCUT2D eigenvalue weighted by molar-refractivity contribution is 5.97. The van der Waals surface area contributed by atoms with Crippen LogP contribution in [-0.4, -0.2) is 37.0 Å². The van der Waals surface area contributed by atoms with Crippen molar-refractivity contribution < 1.29 is 4.79 Å². The van der Waals surface area contributed by atoms with E-state index in [2.05, 4.69) is 36.6 Å². The van der Waals surface area contributed by atoms with Gasteiger partial charge in [-0.3, -0.25) is 4.79 Å². The Hall–Kier alpha value is -2.32. The van der Waals surface area contributed by atoms with Crippen LogP contribution in [0.15, 0.2) is 30.0 Å². The molecule has 1 aliphatic rings. The molecule has 0 aromatic heterocycles. The topological polar surface area (TPSA) is 68.2 Å². The molecular weight excluding hydrogens is 288 g/mol. The molecule has 5 nitrogen and oxygen atoms in total. The number of hydrogen-bond donors (Lipinski definition) is 2. The second-order valence-electron chi connectivity index (χ2n) is 5.51. The summed E-state index contributed by atoms with van der Waals surface area (Å²) < 4.78 is 0. The van der Waals surface area contributed by atoms with Crippen LogP contribution < -0.4 is 10.6 Å². The molecule has 1 saturated heterocycles. The second kappa shape index (κ2) is 8.35. The molecular formula is C18H24N4O. The highest BCUT2D eigenvalue weighted by Crippen LogP contribution is 2.23. The maximum atomic E-state index is 12.4. The molecule has 0 spiro atoms. The summed E-state index contributed by atoms with van der Waals surface area (Å²) >= 11 is 0. The van der Waals surface area contributed by atoms with Gasteiger partial charge in [0, 0.05) is 38.1 Å². The molecule has 5 heteroatoms. The Morgan fingerprint density at radius 3 is 2.43 bits per heavy atom. The first kappa shape index (κ1) is 17.0. The van der Waals surface area contributed by atoms with Crippen LogP contribution in [0.25, 0.3) is 0 Å². The third-order valence-electron chi connectivity index (χ3n) is 4.11. The summed E-state index contributed by atoms with van der Waals surface area (Å²) in [7, 11) is 0. The number of carbonyl (C=O) groups is 1. The van der Waals surface area contributed by atoms with Crippen LogP contribution >= 0.6 is 0 Å². The van der Waals surface area contributed by atoms with Gasteiger partial charge < -0.3 is 15.5 Å². The van der Waals surface area contributed by atoms with E-state index in [-0.39, 0.29) is 11.5 Å². The van der Waals surface area contributed by atoms with Crippen molar-refractivity contribution in [3.63, 3.8) is 0 Å². The molecule has 1 aliphatic heterocycles. The van der Waals surface area contributed by atoms with E-state index in [0.29, 0.717) is 13.1 Å². The van der Waals surface area contributed by atoms with Crippen LogP contribution in [0.3, 0.4) is 0 Å². The molecule has 0 bridgehead atoms. The molecule has 23 heavy (non-hydrogen) atoms. The number of anilines is 1. The second-order valence-corrected chi connectivity index (χ2v) is 5.51. The van der Waals surface area contributed by atoms with Crippen LogP contribution in [0.4, 0.5) is 5.69 Å². The number of carbonyl (C=O) groups excluding carboxylic acids is 1. The zero-order valence-corrected chi connectivity index (χ0v) is 13.9. The van der Waals surface area contributed by atoms with Gasteiger partial charge in [0.1, 0.15) is 11.6 Å². The van der Waals surface area contributed by atoms with Gasteiger partial charge in [-0.2, -0.15) is 5.26 Å². The van der Waals surface area contributed by atoms with Crippen molar-refractivity contribution in [3.8, 4) is 6.07 Å². The number of hydrogen-bond acceptors (Lipinski definition) is 4. The van der Waals surface area contributed by atoms with Crippen LogP contribution in [0.5, 0.6) is 0 Å². The Bertz CT molecular complexity index is 602. The molecule has 0 radical (unpaired) electrons. The number of piperazine rings is 1. The summed E-state index contributed by atoms with van der Waals surface area (Å²) in [5.41, 5.74) is 3.54. The van der Waals surface area contributed by atoms with E-state index in [0.717, 1.165) is 31.6 Å². The fourth-order valence-corrected chi connectivity index (χ4v) is 2.75. The van der Waals surface area contributed by atoms with E-state index in [1.807, 2.05) is 12.1 Å². The summed E-state index contributed by atoms with van der Waals surface area (Å²) in [6.07, 6.45) is 3.35. The van der Waals surface area contributed by atoms with Crippen molar-refractivity contribution in [1.82, 2.24) is 10.2 Å². The molecule has 1 aromatic carbocycles. The van der Waals surface area contributed by atoms with Crippen molar-refractivity contribution in [2.24, 2.45) is 0 Å². The first-order valence-corrected chi connectivity index (χ1v) is 8.18. The highest BCUT2D eigenvalue weighted by Gasteiger charge is 2.20. The molecule has 1 fully saturated rings. The number of para-hydroxylation sites is 1. The minimum absolute atomic E-state index is 0.153. The summed E-state index contributed by atoms with van der Waals surface area (Å²) in [5, 5.41) is 15.7. The van der Waals surface area contributed by atoms with Gasteiger partial charge in [0.2, 0.25) is 0 Å². The van der Waals surface area contributed by atoms with Crippen molar-refractivity contribution in [3.05, 3.63) is 41.1 Å². The highest BCUT2D eigenvalue weighted by atomic mass is 16.2. The molecule has 0 atom stereocenters. The number of rotatable bonds is 5. The quantitative estimate of drug-likeness (QED) is 0.645. The minimum atomic E-state index is -0.200. The molecule has 2 rings (SSSR count). The van der Waals surface area contributed by atoms with Crippen molar-refractivity contribution in [2.75, 3.05) is 31.5 Å². The third kappa shape index (κ3) is 4.11. The number of nitrogens with zero attached hydrogens (tertiary/aromatic N) is 2. The Labute approximate surface area is 138 Å². The summed E-state index contributed by atoms with van der Waals surface area (Å²) in [4.78, 5) is 14.1. The fraction of sp³-hybridized carbons (Fsp3) is 0.444. The first-order chi connectivity index (χ1) is 11.2. The number of amides is 1. The summed E-state index contributed by atoms with van der Waals surface area (Å²) in [5.74, 6) is -0.200.